The molecule has 25 heavy (non-hydrogen) atoms. The predicted molar refractivity (Wildman–Crippen MR) is 95.0 cm³/mol. The molecule has 2 heterocycles. The highest BCUT2D eigenvalue weighted by Crippen LogP contribution is 2.25. The first-order valence-corrected chi connectivity index (χ1v) is 11.6. The first-order valence-electron chi connectivity index (χ1n) is 8.68. The molecule has 9 heteroatoms. The maximum atomic E-state index is 12.9. The lowest BCUT2D eigenvalue weighted by molar-refractivity contribution is 0.423. The highest BCUT2D eigenvalue weighted by Gasteiger charge is 2.32. The van der Waals surface area contributed by atoms with Crippen molar-refractivity contribution < 1.29 is 16.8 Å². The fourth-order valence-electron chi connectivity index (χ4n) is 3.35. The van der Waals surface area contributed by atoms with Crippen molar-refractivity contribution in [3.05, 3.63) is 24.3 Å². The summed E-state index contributed by atoms with van der Waals surface area (Å²) in [5.74, 6) is 0. The Hall–Kier alpha value is -1.00. The molecule has 0 saturated carbocycles. The zero-order valence-corrected chi connectivity index (χ0v) is 15.8. The average Bonchev–Trinajstić information content (AvgIpc) is 2.86. The number of nitrogens with zero attached hydrogens (tertiary/aromatic N) is 2. The summed E-state index contributed by atoms with van der Waals surface area (Å²) in [6, 6.07) is 5.52. The van der Waals surface area contributed by atoms with E-state index in [4.69, 9.17) is 5.73 Å². The lowest BCUT2D eigenvalue weighted by Crippen LogP contribution is -2.33. The number of nitrogens with two attached hydrogens (primary N) is 1. The lowest BCUT2D eigenvalue weighted by atomic mass is 10.2. The van der Waals surface area contributed by atoms with Gasteiger partial charge in [-0.1, -0.05) is 18.9 Å². The van der Waals surface area contributed by atoms with Crippen molar-refractivity contribution in [1.29, 1.82) is 0 Å². The maximum Gasteiger partial charge on any atom is 0.243 e. The van der Waals surface area contributed by atoms with Gasteiger partial charge in [0.05, 0.1) is 9.79 Å². The highest BCUT2D eigenvalue weighted by molar-refractivity contribution is 7.90. The van der Waals surface area contributed by atoms with E-state index in [2.05, 4.69) is 0 Å². The van der Waals surface area contributed by atoms with Crippen LogP contribution >= 0.6 is 0 Å². The van der Waals surface area contributed by atoms with Crippen molar-refractivity contribution in [1.82, 2.24) is 8.61 Å². The zero-order valence-electron chi connectivity index (χ0n) is 14.2. The second-order valence-corrected chi connectivity index (χ2v) is 10.6. The molecule has 1 aromatic carbocycles. The molecule has 2 fully saturated rings. The van der Waals surface area contributed by atoms with Crippen molar-refractivity contribution >= 4 is 20.0 Å². The van der Waals surface area contributed by atoms with E-state index < -0.39 is 20.0 Å². The third-order valence-electron chi connectivity index (χ3n) is 4.83. The van der Waals surface area contributed by atoms with Crippen LogP contribution in [0.25, 0.3) is 0 Å². The van der Waals surface area contributed by atoms with Crippen LogP contribution in [0.3, 0.4) is 0 Å². The molecule has 0 aliphatic carbocycles. The van der Waals surface area contributed by atoms with Gasteiger partial charge in [0.15, 0.2) is 0 Å². The summed E-state index contributed by atoms with van der Waals surface area (Å²) in [4.78, 5) is 0.0523. The van der Waals surface area contributed by atoms with Crippen molar-refractivity contribution in [2.75, 3.05) is 26.2 Å². The standard InChI is InChI=1S/C16H25N3O4S2/c17-14-8-11-19(13-14)25(22,23)16-7-5-6-15(12-16)24(20,21)18-9-3-1-2-4-10-18/h5-7,12,14H,1-4,8-11,13,17H2/t14-/m1/s1. The molecular formula is C16H25N3O4S2. The minimum Gasteiger partial charge on any atom is -0.326 e. The molecule has 0 amide bonds. The van der Waals surface area contributed by atoms with Crippen LogP contribution in [0.1, 0.15) is 32.1 Å². The molecule has 0 spiro atoms. The van der Waals surface area contributed by atoms with Gasteiger partial charge in [-0.25, -0.2) is 16.8 Å². The summed E-state index contributed by atoms with van der Waals surface area (Å²) in [6.45, 7) is 1.61. The van der Waals surface area contributed by atoms with Crippen molar-refractivity contribution in [2.24, 2.45) is 5.73 Å². The molecule has 1 aromatic rings. The number of hydrogen-bond donors (Lipinski definition) is 1. The lowest BCUT2D eigenvalue weighted by Gasteiger charge is -2.21. The molecule has 7 nitrogen and oxygen atoms in total. The average molecular weight is 388 g/mol. The smallest absolute Gasteiger partial charge is 0.243 e. The van der Waals surface area contributed by atoms with Crippen molar-refractivity contribution in [3.63, 3.8) is 0 Å². The van der Waals surface area contributed by atoms with Gasteiger partial charge in [0.2, 0.25) is 20.0 Å². The third-order valence-corrected chi connectivity index (χ3v) is 8.59. The second-order valence-electron chi connectivity index (χ2n) is 6.70. The van der Waals surface area contributed by atoms with Gasteiger partial charge in [-0.15, -0.1) is 0 Å². The quantitative estimate of drug-likeness (QED) is 0.830. The van der Waals surface area contributed by atoms with Gasteiger partial charge in [-0.3, -0.25) is 0 Å². The van der Waals surface area contributed by atoms with Crippen LogP contribution in [0.2, 0.25) is 0 Å². The molecule has 3 rings (SSSR count). The van der Waals surface area contributed by atoms with E-state index in [0.29, 0.717) is 26.1 Å². The van der Waals surface area contributed by atoms with Crippen molar-refractivity contribution in [2.45, 2.75) is 47.9 Å². The molecule has 1 atom stereocenters. The molecule has 140 valence electrons. The molecular weight excluding hydrogens is 362 g/mol. The Labute approximate surface area is 149 Å². The normalized spacial score (nSPS) is 24.3. The summed E-state index contributed by atoms with van der Waals surface area (Å²) in [5.41, 5.74) is 5.80. The molecule has 2 saturated heterocycles. The van der Waals surface area contributed by atoms with Crippen LogP contribution in [0, 0.1) is 0 Å². The molecule has 2 N–H and O–H groups in total. The monoisotopic (exact) mass is 387 g/mol. The van der Waals surface area contributed by atoms with Gasteiger partial charge in [-0.2, -0.15) is 8.61 Å². The maximum absolute atomic E-state index is 12.9. The largest absolute Gasteiger partial charge is 0.326 e. The molecule has 0 unspecified atom stereocenters. The van der Waals surface area contributed by atoms with E-state index in [1.54, 1.807) is 0 Å². The van der Waals surface area contributed by atoms with Gasteiger partial charge in [0.25, 0.3) is 0 Å². The van der Waals surface area contributed by atoms with Crippen LogP contribution in [-0.2, 0) is 20.0 Å². The topological polar surface area (TPSA) is 101 Å². The van der Waals surface area contributed by atoms with Crippen molar-refractivity contribution in [3.8, 4) is 0 Å². The first-order chi connectivity index (χ1) is 11.8. The van der Waals surface area contributed by atoms with E-state index in [-0.39, 0.29) is 22.4 Å². The fourth-order valence-corrected chi connectivity index (χ4v) is 6.54. The Morgan fingerprint density at radius 3 is 1.92 bits per heavy atom. The summed E-state index contributed by atoms with van der Waals surface area (Å²) < 4.78 is 54.1. The van der Waals surface area contributed by atoms with E-state index in [1.165, 1.54) is 32.9 Å². The van der Waals surface area contributed by atoms with Gasteiger partial charge < -0.3 is 5.73 Å². The Balaban J connectivity index is 1.90. The molecule has 2 aliphatic rings. The first kappa shape index (κ1) is 18.8. The van der Waals surface area contributed by atoms with E-state index in [1.807, 2.05) is 0 Å². The fraction of sp³-hybridized carbons (Fsp3) is 0.625. The summed E-state index contributed by atoms with van der Waals surface area (Å²) in [7, 11) is -7.40. The number of rotatable bonds is 4. The molecule has 0 bridgehead atoms. The Kier molecular flexibility index (Phi) is 5.50. The van der Waals surface area contributed by atoms with E-state index >= 15 is 0 Å². The Morgan fingerprint density at radius 1 is 0.840 bits per heavy atom. The van der Waals surface area contributed by atoms with Crippen LogP contribution in [0.4, 0.5) is 0 Å². The minimum atomic E-state index is -3.72. The Morgan fingerprint density at radius 2 is 1.40 bits per heavy atom. The predicted octanol–water partition coefficient (Wildman–Crippen LogP) is 0.973. The summed E-state index contributed by atoms with van der Waals surface area (Å²) >= 11 is 0. The summed E-state index contributed by atoms with van der Waals surface area (Å²) in [5, 5.41) is 0. The third kappa shape index (κ3) is 3.90. The highest BCUT2D eigenvalue weighted by atomic mass is 32.2. The van der Waals surface area contributed by atoms with Crippen LogP contribution in [0.5, 0.6) is 0 Å². The van der Waals surface area contributed by atoms with Gasteiger partial charge in [0.1, 0.15) is 0 Å². The number of benzene rings is 1. The van der Waals surface area contributed by atoms with Crippen LogP contribution in [-0.4, -0.2) is 57.7 Å². The minimum absolute atomic E-state index is 0.0116. The SMILES string of the molecule is N[C@@H]1CCN(S(=O)(=O)c2cccc(S(=O)(=O)N3CCCCCC3)c2)C1. The Bertz CT molecular complexity index is 816. The van der Waals surface area contributed by atoms with E-state index in [0.717, 1.165) is 25.7 Å². The molecule has 0 radical (unpaired) electrons. The van der Waals surface area contributed by atoms with Gasteiger partial charge in [0, 0.05) is 32.2 Å². The molecule has 2 aliphatic heterocycles. The second kappa shape index (κ2) is 7.32. The number of sulfonamides is 2. The van der Waals surface area contributed by atoms with E-state index in [9.17, 15) is 16.8 Å². The zero-order chi connectivity index (χ0) is 18.1. The molecule has 0 aromatic heterocycles. The summed E-state index contributed by atoms with van der Waals surface area (Å²) in [6.07, 6.45) is 4.34. The van der Waals surface area contributed by atoms with Gasteiger partial charge >= 0.3 is 0 Å². The van der Waals surface area contributed by atoms with Crippen LogP contribution < -0.4 is 5.73 Å². The van der Waals surface area contributed by atoms with Crippen LogP contribution in [0.15, 0.2) is 34.1 Å². The van der Waals surface area contributed by atoms with Gasteiger partial charge in [-0.05, 0) is 37.5 Å². The number of hydrogen-bond acceptors (Lipinski definition) is 5.